The minimum absolute atomic E-state index is 0.197. The van der Waals surface area contributed by atoms with Crippen molar-refractivity contribution in [1.29, 1.82) is 0 Å². The Balaban J connectivity index is 1.95. The van der Waals surface area contributed by atoms with Gasteiger partial charge < -0.3 is 4.74 Å². The number of aliphatic imine (C=N–C) groups is 1. The zero-order valence-electron chi connectivity index (χ0n) is 9.41. The van der Waals surface area contributed by atoms with Gasteiger partial charge in [0.2, 0.25) is 5.90 Å². The van der Waals surface area contributed by atoms with E-state index in [0.29, 0.717) is 16.3 Å². The maximum Gasteiger partial charge on any atom is 0.363 e. The first-order valence-electron chi connectivity index (χ1n) is 5.28. The average Bonchev–Trinajstić information content (AvgIpc) is 3.01. The lowest BCUT2D eigenvalue weighted by Gasteiger charge is -1.98. The first kappa shape index (κ1) is 12.0. The Morgan fingerprint density at radius 2 is 2.26 bits per heavy atom. The van der Waals surface area contributed by atoms with Gasteiger partial charge in [0.15, 0.2) is 5.70 Å². The molecule has 1 aromatic heterocycles. The predicted molar refractivity (Wildman–Crippen MR) is 72.0 cm³/mol. The van der Waals surface area contributed by atoms with Crippen LogP contribution in [-0.4, -0.2) is 21.5 Å². The van der Waals surface area contributed by atoms with E-state index in [0.717, 1.165) is 0 Å². The predicted octanol–water partition coefficient (Wildman–Crippen LogP) is 2.54. The zero-order chi connectivity index (χ0) is 13.2. The molecule has 1 aliphatic heterocycles. The van der Waals surface area contributed by atoms with E-state index < -0.39 is 5.97 Å². The van der Waals surface area contributed by atoms with Gasteiger partial charge in [-0.1, -0.05) is 22.2 Å². The van der Waals surface area contributed by atoms with Crippen molar-refractivity contribution in [1.82, 2.24) is 9.59 Å². The largest absolute Gasteiger partial charge is 0.402 e. The fourth-order valence-corrected chi connectivity index (χ4v) is 2.13. The van der Waals surface area contributed by atoms with Crippen molar-refractivity contribution in [3.05, 3.63) is 51.6 Å². The van der Waals surface area contributed by atoms with E-state index in [9.17, 15) is 4.79 Å². The Morgan fingerprint density at radius 3 is 3.00 bits per heavy atom. The highest BCUT2D eigenvalue weighted by Gasteiger charge is 2.24. The number of hydrogen-bond acceptors (Lipinski definition) is 6. The Morgan fingerprint density at radius 1 is 1.37 bits per heavy atom. The van der Waals surface area contributed by atoms with Crippen LogP contribution in [0.4, 0.5) is 0 Å². The fraction of sp³-hybridized carbons (Fsp3) is 0. The van der Waals surface area contributed by atoms with Crippen LogP contribution in [-0.2, 0) is 9.53 Å². The summed E-state index contributed by atoms with van der Waals surface area (Å²) in [7, 11) is 0. The van der Waals surface area contributed by atoms with Crippen LogP contribution in [0.15, 0.2) is 40.3 Å². The molecule has 2 heterocycles. The number of aromatic nitrogens is 2. The molecule has 2 aromatic rings. The van der Waals surface area contributed by atoms with Crippen molar-refractivity contribution in [2.24, 2.45) is 4.99 Å². The van der Waals surface area contributed by atoms with Crippen molar-refractivity contribution in [2.45, 2.75) is 0 Å². The molecule has 3 rings (SSSR count). The second-order valence-corrected chi connectivity index (χ2v) is 4.72. The van der Waals surface area contributed by atoms with Crippen molar-refractivity contribution in [2.75, 3.05) is 0 Å². The van der Waals surface area contributed by atoms with E-state index in [1.165, 1.54) is 17.6 Å². The van der Waals surface area contributed by atoms with Gasteiger partial charge in [0.25, 0.3) is 0 Å². The third kappa shape index (κ3) is 2.54. The molecule has 19 heavy (non-hydrogen) atoms. The fourth-order valence-electron chi connectivity index (χ4n) is 1.53. The molecule has 0 N–H and O–H groups in total. The van der Waals surface area contributed by atoms with Gasteiger partial charge in [0, 0.05) is 16.0 Å². The number of nitrogens with zero attached hydrogens (tertiary/aromatic N) is 3. The molecule has 94 valence electrons. The van der Waals surface area contributed by atoms with Crippen molar-refractivity contribution < 1.29 is 9.53 Å². The zero-order valence-corrected chi connectivity index (χ0v) is 11.0. The van der Waals surface area contributed by atoms with Crippen LogP contribution in [0.25, 0.3) is 6.08 Å². The number of carbonyl (C=O) groups excluding carboxylic acids is 1. The highest BCUT2D eigenvalue weighted by Crippen LogP contribution is 2.20. The molecule has 1 aromatic carbocycles. The third-order valence-electron chi connectivity index (χ3n) is 2.35. The van der Waals surface area contributed by atoms with E-state index in [1.807, 2.05) is 0 Å². The number of halogens is 1. The van der Waals surface area contributed by atoms with E-state index >= 15 is 0 Å². The third-order valence-corrected chi connectivity index (χ3v) is 3.11. The van der Waals surface area contributed by atoms with Gasteiger partial charge in [-0.3, -0.25) is 0 Å². The maximum absolute atomic E-state index is 11.7. The minimum Gasteiger partial charge on any atom is -0.402 e. The maximum atomic E-state index is 11.7. The molecular formula is C12H6ClN3O2S. The van der Waals surface area contributed by atoms with E-state index in [-0.39, 0.29) is 11.6 Å². The van der Waals surface area contributed by atoms with Crippen LogP contribution in [0.2, 0.25) is 5.02 Å². The normalized spacial score (nSPS) is 16.6. The standard InChI is InChI=1S/C12H6ClN3O2S/c13-8-3-1-2-7(4-8)11-14-10(12(17)18-11)5-9-6-19-16-15-9/h1-6H/b10-5-. The second kappa shape index (κ2) is 4.91. The molecule has 5 nitrogen and oxygen atoms in total. The van der Waals surface area contributed by atoms with Crippen LogP contribution < -0.4 is 0 Å². The van der Waals surface area contributed by atoms with Crippen LogP contribution in [0, 0.1) is 0 Å². The van der Waals surface area contributed by atoms with Gasteiger partial charge >= 0.3 is 5.97 Å². The Hall–Kier alpha value is -2.05. The summed E-state index contributed by atoms with van der Waals surface area (Å²) in [6.45, 7) is 0. The van der Waals surface area contributed by atoms with E-state index in [2.05, 4.69) is 14.6 Å². The molecule has 0 saturated carbocycles. The van der Waals surface area contributed by atoms with Crippen LogP contribution in [0.1, 0.15) is 11.3 Å². The molecule has 0 unspecified atom stereocenters. The first-order valence-corrected chi connectivity index (χ1v) is 6.49. The van der Waals surface area contributed by atoms with Crippen LogP contribution in [0.3, 0.4) is 0 Å². The molecule has 0 aliphatic carbocycles. The molecule has 0 saturated heterocycles. The second-order valence-electron chi connectivity index (χ2n) is 3.68. The highest BCUT2D eigenvalue weighted by molar-refractivity contribution is 7.03. The summed E-state index contributed by atoms with van der Waals surface area (Å²) < 4.78 is 8.81. The summed E-state index contributed by atoms with van der Waals surface area (Å²) in [4.78, 5) is 15.8. The number of hydrogen-bond donors (Lipinski definition) is 0. The summed E-state index contributed by atoms with van der Waals surface area (Å²) in [5.74, 6) is -0.273. The van der Waals surface area contributed by atoms with Crippen LogP contribution >= 0.6 is 23.1 Å². The smallest absolute Gasteiger partial charge is 0.363 e. The number of esters is 1. The molecule has 0 atom stereocenters. The molecule has 7 heteroatoms. The first-order chi connectivity index (χ1) is 9.22. The SMILES string of the molecule is O=C1OC(c2cccc(Cl)c2)=N/C1=C\c1csnn1. The average molecular weight is 292 g/mol. The quantitative estimate of drug-likeness (QED) is 0.630. The van der Waals surface area contributed by atoms with Gasteiger partial charge in [0.05, 0.1) is 0 Å². The van der Waals surface area contributed by atoms with E-state index in [4.69, 9.17) is 16.3 Å². The number of ether oxygens (including phenoxy) is 1. The molecule has 0 spiro atoms. The Bertz CT molecular complexity index is 695. The number of rotatable bonds is 2. The summed E-state index contributed by atoms with van der Waals surface area (Å²) in [6, 6.07) is 6.95. The minimum atomic E-state index is -0.511. The van der Waals surface area contributed by atoms with Gasteiger partial charge in [-0.25, -0.2) is 9.79 Å². The van der Waals surface area contributed by atoms with Gasteiger partial charge in [-0.2, -0.15) is 0 Å². The summed E-state index contributed by atoms with van der Waals surface area (Å²) in [6.07, 6.45) is 1.53. The monoisotopic (exact) mass is 291 g/mol. The highest BCUT2D eigenvalue weighted by atomic mass is 35.5. The molecule has 0 fully saturated rings. The molecule has 1 aliphatic rings. The van der Waals surface area contributed by atoms with Gasteiger partial charge in [-0.15, -0.1) is 5.10 Å². The molecule has 0 amide bonds. The summed E-state index contributed by atoms with van der Waals surface area (Å²) in [5.41, 5.74) is 1.43. The molecular weight excluding hydrogens is 286 g/mol. The summed E-state index contributed by atoms with van der Waals surface area (Å²) >= 11 is 7.08. The van der Waals surface area contributed by atoms with Gasteiger partial charge in [0.1, 0.15) is 5.69 Å². The lowest BCUT2D eigenvalue weighted by Crippen LogP contribution is -2.05. The Labute approximate surface area is 117 Å². The van der Waals surface area contributed by atoms with Crippen molar-refractivity contribution in [3.63, 3.8) is 0 Å². The summed E-state index contributed by atoms with van der Waals surface area (Å²) in [5, 5.41) is 6.09. The van der Waals surface area contributed by atoms with Crippen molar-refractivity contribution >= 4 is 41.1 Å². The number of benzene rings is 1. The molecule has 0 radical (unpaired) electrons. The Kier molecular flexibility index (Phi) is 3.10. The number of carbonyl (C=O) groups is 1. The lowest BCUT2D eigenvalue weighted by molar-refractivity contribution is -0.129. The van der Waals surface area contributed by atoms with Gasteiger partial charge in [-0.05, 0) is 35.8 Å². The topological polar surface area (TPSA) is 64.4 Å². The van der Waals surface area contributed by atoms with E-state index in [1.54, 1.807) is 29.6 Å². The molecule has 0 bridgehead atoms. The lowest BCUT2D eigenvalue weighted by atomic mass is 10.2. The number of cyclic esters (lactones) is 1. The van der Waals surface area contributed by atoms with Crippen molar-refractivity contribution in [3.8, 4) is 0 Å². The van der Waals surface area contributed by atoms with Crippen LogP contribution in [0.5, 0.6) is 0 Å².